The summed E-state index contributed by atoms with van der Waals surface area (Å²) < 4.78 is 4.88. The molecule has 0 saturated carbocycles. The first-order valence-corrected chi connectivity index (χ1v) is 10.6. The number of guanidine groups is 1. The lowest BCUT2D eigenvalue weighted by molar-refractivity contribution is -0.146. The van der Waals surface area contributed by atoms with Crippen molar-refractivity contribution in [1.82, 2.24) is 25.1 Å². The molecule has 0 aliphatic carbocycles. The van der Waals surface area contributed by atoms with Crippen LogP contribution in [0.4, 0.5) is 5.95 Å². The van der Waals surface area contributed by atoms with Gasteiger partial charge in [-0.3, -0.25) is 14.7 Å². The van der Waals surface area contributed by atoms with Gasteiger partial charge in [0.1, 0.15) is 0 Å². The molecule has 0 atom stereocenters. The minimum absolute atomic E-state index is 0.0176. The highest BCUT2D eigenvalue weighted by molar-refractivity contribution is 5.80. The molecule has 9 nitrogen and oxygen atoms in total. The first-order chi connectivity index (χ1) is 14.2. The Labute approximate surface area is 173 Å². The van der Waals surface area contributed by atoms with Crippen LogP contribution in [0, 0.1) is 5.92 Å². The van der Waals surface area contributed by atoms with Crippen LogP contribution < -0.4 is 10.2 Å². The molecule has 2 fully saturated rings. The zero-order valence-electron chi connectivity index (χ0n) is 17.6. The van der Waals surface area contributed by atoms with E-state index in [1.165, 1.54) is 7.11 Å². The highest BCUT2D eigenvalue weighted by atomic mass is 16.5. The minimum atomic E-state index is -0.0911. The van der Waals surface area contributed by atoms with Crippen LogP contribution in [-0.2, 0) is 9.53 Å². The molecule has 3 heterocycles. The molecule has 0 aromatic carbocycles. The molecule has 1 N–H and O–H groups in total. The zero-order valence-corrected chi connectivity index (χ0v) is 17.6. The Bertz CT molecular complexity index is 654. The number of likely N-dealkylation sites (tertiary alicyclic amines) is 1. The average molecular weight is 404 g/mol. The van der Waals surface area contributed by atoms with Crippen molar-refractivity contribution in [1.29, 1.82) is 0 Å². The van der Waals surface area contributed by atoms with Crippen molar-refractivity contribution in [3.8, 4) is 0 Å². The van der Waals surface area contributed by atoms with Gasteiger partial charge in [0.05, 0.1) is 19.6 Å². The first-order valence-electron chi connectivity index (χ1n) is 10.6. The lowest BCUT2D eigenvalue weighted by Crippen LogP contribution is -2.48. The van der Waals surface area contributed by atoms with Crippen LogP contribution in [0.25, 0.3) is 0 Å². The SMILES string of the molecule is CCNC(=NCCN1CCN(c2ncccn2)CC1)N1CCC(C(=O)OC)CC1. The molecule has 2 saturated heterocycles. The largest absolute Gasteiger partial charge is 0.469 e. The number of hydrogen-bond acceptors (Lipinski definition) is 7. The third-order valence-electron chi connectivity index (χ3n) is 5.55. The van der Waals surface area contributed by atoms with Crippen molar-refractivity contribution in [3.05, 3.63) is 18.5 Å². The molecule has 0 bridgehead atoms. The number of rotatable bonds is 6. The molecular weight excluding hydrogens is 370 g/mol. The first kappa shape index (κ1) is 21.3. The summed E-state index contributed by atoms with van der Waals surface area (Å²) in [6, 6.07) is 1.84. The number of hydrogen-bond donors (Lipinski definition) is 1. The highest BCUT2D eigenvalue weighted by Gasteiger charge is 2.27. The third kappa shape index (κ3) is 6.03. The van der Waals surface area contributed by atoms with Crippen LogP contribution in [-0.4, -0.2) is 97.7 Å². The summed E-state index contributed by atoms with van der Waals surface area (Å²) in [6.45, 7) is 10.2. The van der Waals surface area contributed by atoms with E-state index in [-0.39, 0.29) is 11.9 Å². The van der Waals surface area contributed by atoms with E-state index in [2.05, 4.69) is 36.9 Å². The Morgan fingerprint density at radius 3 is 2.48 bits per heavy atom. The summed E-state index contributed by atoms with van der Waals surface area (Å²) in [7, 11) is 1.47. The normalized spacial score (nSPS) is 19.3. The van der Waals surface area contributed by atoms with E-state index >= 15 is 0 Å². The number of aromatic nitrogens is 2. The van der Waals surface area contributed by atoms with Crippen molar-refractivity contribution >= 4 is 17.9 Å². The molecule has 0 radical (unpaired) electrons. The molecule has 1 aromatic heterocycles. The van der Waals surface area contributed by atoms with Gasteiger partial charge in [-0.15, -0.1) is 0 Å². The fraction of sp³-hybridized carbons (Fsp3) is 0.700. The zero-order chi connectivity index (χ0) is 20.5. The van der Waals surface area contributed by atoms with Crippen molar-refractivity contribution in [2.24, 2.45) is 10.9 Å². The van der Waals surface area contributed by atoms with E-state index in [0.717, 1.165) is 83.7 Å². The Balaban J connectivity index is 1.43. The van der Waals surface area contributed by atoms with Gasteiger partial charge in [-0.1, -0.05) is 0 Å². The molecule has 29 heavy (non-hydrogen) atoms. The second-order valence-corrected chi connectivity index (χ2v) is 7.40. The number of carbonyl (C=O) groups is 1. The van der Waals surface area contributed by atoms with Crippen LogP contribution in [0.15, 0.2) is 23.5 Å². The van der Waals surface area contributed by atoms with Crippen molar-refractivity contribution in [3.63, 3.8) is 0 Å². The van der Waals surface area contributed by atoms with Gasteiger partial charge in [0.25, 0.3) is 0 Å². The van der Waals surface area contributed by atoms with Gasteiger partial charge in [0.2, 0.25) is 5.95 Å². The molecular formula is C20H33N7O2. The smallest absolute Gasteiger partial charge is 0.308 e. The van der Waals surface area contributed by atoms with Gasteiger partial charge in [0.15, 0.2) is 5.96 Å². The van der Waals surface area contributed by atoms with Crippen LogP contribution in [0.2, 0.25) is 0 Å². The van der Waals surface area contributed by atoms with Crippen molar-refractivity contribution in [2.45, 2.75) is 19.8 Å². The van der Waals surface area contributed by atoms with Gasteiger partial charge >= 0.3 is 5.97 Å². The van der Waals surface area contributed by atoms with Crippen molar-refractivity contribution < 1.29 is 9.53 Å². The Morgan fingerprint density at radius 2 is 1.86 bits per heavy atom. The third-order valence-corrected chi connectivity index (χ3v) is 5.55. The van der Waals surface area contributed by atoms with Gasteiger partial charge < -0.3 is 19.9 Å². The molecule has 160 valence electrons. The topological polar surface area (TPSA) is 86.2 Å². The number of nitrogens with zero attached hydrogens (tertiary/aromatic N) is 6. The predicted octanol–water partition coefficient (Wildman–Crippen LogP) is 0.449. The van der Waals surface area contributed by atoms with E-state index in [9.17, 15) is 4.79 Å². The van der Waals surface area contributed by atoms with E-state index in [1.807, 2.05) is 6.07 Å². The molecule has 0 amide bonds. The summed E-state index contributed by atoms with van der Waals surface area (Å²) in [5.41, 5.74) is 0. The van der Waals surface area contributed by atoms with E-state index in [0.29, 0.717) is 0 Å². The number of carbonyl (C=O) groups excluding carboxylic acids is 1. The second kappa shape index (κ2) is 10.9. The maximum absolute atomic E-state index is 11.7. The Morgan fingerprint density at radius 1 is 1.17 bits per heavy atom. The standard InChI is InChI=1S/C20H33N7O2/c1-3-21-19(26-10-5-17(6-11-26)18(28)29-2)24-9-12-25-13-15-27(16-14-25)20-22-7-4-8-23-20/h4,7-8,17H,3,5-6,9-16H2,1-2H3,(H,21,24). The number of esters is 1. The van der Waals surface area contributed by atoms with Crippen LogP contribution >= 0.6 is 0 Å². The fourth-order valence-corrected chi connectivity index (χ4v) is 3.84. The number of nitrogens with one attached hydrogen (secondary N) is 1. The van der Waals surface area contributed by atoms with E-state index < -0.39 is 0 Å². The van der Waals surface area contributed by atoms with E-state index in [1.54, 1.807) is 12.4 Å². The molecule has 2 aliphatic heterocycles. The average Bonchev–Trinajstić information content (AvgIpc) is 2.79. The summed E-state index contributed by atoms with van der Waals surface area (Å²) in [5.74, 6) is 1.69. The quantitative estimate of drug-likeness (QED) is 0.416. The molecule has 0 unspecified atom stereocenters. The Hall–Kier alpha value is -2.42. The van der Waals surface area contributed by atoms with Crippen LogP contribution in [0.5, 0.6) is 0 Å². The molecule has 9 heteroatoms. The lowest BCUT2D eigenvalue weighted by atomic mass is 9.97. The van der Waals surface area contributed by atoms with Crippen LogP contribution in [0.3, 0.4) is 0 Å². The predicted molar refractivity (Wildman–Crippen MR) is 113 cm³/mol. The maximum Gasteiger partial charge on any atom is 0.308 e. The number of ether oxygens (including phenoxy) is 1. The van der Waals surface area contributed by atoms with Gasteiger partial charge in [-0.05, 0) is 25.8 Å². The Kier molecular flexibility index (Phi) is 8.03. The highest BCUT2D eigenvalue weighted by Crippen LogP contribution is 2.18. The van der Waals surface area contributed by atoms with Crippen LogP contribution in [0.1, 0.15) is 19.8 Å². The molecule has 0 spiro atoms. The second-order valence-electron chi connectivity index (χ2n) is 7.40. The number of aliphatic imine (C=N–C) groups is 1. The van der Waals surface area contributed by atoms with Gasteiger partial charge in [0, 0.05) is 64.8 Å². The monoisotopic (exact) mass is 403 g/mol. The van der Waals surface area contributed by atoms with E-state index in [4.69, 9.17) is 9.73 Å². The number of piperidine rings is 1. The summed E-state index contributed by atoms with van der Waals surface area (Å²) in [6.07, 6.45) is 5.22. The number of piperazine rings is 1. The number of methoxy groups -OCH3 is 1. The summed E-state index contributed by atoms with van der Waals surface area (Å²) in [5, 5.41) is 3.39. The fourth-order valence-electron chi connectivity index (χ4n) is 3.84. The maximum atomic E-state index is 11.7. The van der Waals surface area contributed by atoms with Crippen molar-refractivity contribution in [2.75, 3.05) is 70.9 Å². The van der Waals surface area contributed by atoms with Gasteiger partial charge in [-0.2, -0.15) is 0 Å². The molecule has 2 aliphatic rings. The molecule has 3 rings (SSSR count). The lowest BCUT2D eigenvalue weighted by Gasteiger charge is -2.35. The molecule has 1 aromatic rings. The minimum Gasteiger partial charge on any atom is -0.469 e. The summed E-state index contributed by atoms with van der Waals surface area (Å²) in [4.78, 5) is 32.2. The van der Waals surface area contributed by atoms with Gasteiger partial charge in [-0.25, -0.2) is 9.97 Å². The number of anilines is 1. The summed E-state index contributed by atoms with van der Waals surface area (Å²) >= 11 is 0.